The summed E-state index contributed by atoms with van der Waals surface area (Å²) < 4.78 is 2.31. The van der Waals surface area contributed by atoms with Gasteiger partial charge in [-0.1, -0.05) is 13.0 Å². The van der Waals surface area contributed by atoms with Gasteiger partial charge in [-0.3, -0.25) is 4.79 Å². The first-order valence-electron chi connectivity index (χ1n) is 4.50. The van der Waals surface area contributed by atoms with E-state index < -0.39 is 0 Å². The average Bonchev–Trinajstić information content (AvgIpc) is 2.42. The molecule has 0 aliphatic rings. The Bertz CT molecular complexity index is 380. The van der Waals surface area contributed by atoms with Crippen molar-refractivity contribution in [3.8, 4) is 0 Å². The van der Waals surface area contributed by atoms with Gasteiger partial charge >= 0.3 is 0 Å². The van der Waals surface area contributed by atoms with Crippen LogP contribution in [0.15, 0.2) is 16.6 Å². The van der Waals surface area contributed by atoms with E-state index in [0.29, 0.717) is 0 Å². The minimum atomic E-state index is -0.0989. The molecule has 1 aromatic heterocycles. The number of allylic oxidation sites excluding steroid dienone is 2. The molecule has 4 heteroatoms. The minimum Gasteiger partial charge on any atom is -0.267 e. The van der Waals surface area contributed by atoms with Gasteiger partial charge in [-0.15, -0.1) is 0 Å². The number of rotatable bonds is 2. The zero-order valence-electron chi connectivity index (χ0n) is 8.54. The lowest BCUT2D eigenvalue weighted by Crippen LogP contribution is -2.10. The van der Waals surface area contributed by atoms with Gasteiger partial charge in [0.25, 0.3) is 5.91 Å². The molecule has 14 heavy (non-hydrogen) atoms. The topological polar surface area (TPSA) is 34.9 Å². The lowest BCUT2D eigenvalue weighted by atomic mass is 10.4. The first-order chi connectivity index (χ1) is 6.57. The molecule has 0 unspecified atom stereocenters. The van der Waals surface area contributed by atoms with E-state index in [2.05, 4.69) is 21.0 Å². The number of halogens is 1. The Balaban J connectivity index is 3.02. The predicted molar refractivity (Wildman–Crippen MR) is 59.5 cm³/mol. The fourth-order valence-corrected chi connectivity index (χ4v) is 1.37. The number of hydrogen-bond donors (Lipinski definition) is 0. The van der Waals surface area contributed by atoms with Crippen LogP contribution in [0.4, 0.5) is 0 Å². The summed E-state index contributed by atoms with van der Waals surface area (Å²) in [5.74, 6) is -0.0989. The van der Waals surface area contributed by atoms with Crippen molar-refractivity contribution >= 4 is 21.8 Å². The highest BCUT2D eigenvalue weighted by Crippen LogP contribution is 2.19. The third kappa shape index (κ3) is 2.12. The molecule has 1 aromatic rings. The van der Waals surface area contributed by atoms with Crippen molar-refractivity contribution in [1.82, 2.24) is 9.78 Å². The number of hydrogen-bond acceptors (Lipinski definition) is 2. The fraction of sp³-hybridized carbons (Fsp3) is 0.400. The summed E-state index contributed by atoms with van der Waals surface area (Å²) in [6, 6.07) is 0. The number of nitrogens with zero attached hydrogens (tertiary/aromatic N) is 2. The number of aromatic nitrogens is 2. The molecular formula is C10H13BrN2O. The molecule has 0 bridgehead atoms. The highest BCUT2D eigenvalue weighted by molar-refractivity contribution is 9.10. The third-order valence-corrected chi connectivity index (χ3v) is 3.06. The molecule has 0 aliphatic heterocycles. The summed E-state index contributed by atoms with van der Waals surface area (Å²) in [7, 11) is 0. The Kier molecular flexibility index (Phi) is 3.63. The second kappa shape index (κ2) is 4.55. The summed E-state index contributed by atoms with van der Waals surface area (Å²) in [6.45, 7) is 5.72. The van der Waals surface area contributed by atoms with Gasteiger partial charge in [0.15, 0.2) is 0 Å². The third-order valence-electron chi connectivity index (χ3n) is 1.91. The lowest BCUT2D eigenvalue weighted by Gasteiger charge is -1.97. The van der Waals surface area contributed by atoms with Crippen molar-refractivity contribution < 1.29 is 4.79 Å². The van der Waals surface area contributed by atoms with Gasteiger partial charge in [-0.05, 0) is 36.2 Å². The Hall–Kier alpha value is -0.900. The molecule has 3 nitrogen and oxygen atoms in total. The lowest BCUT2D eigenvalue weighted by molar-refractivity contribution is 0.0951. The first kappa shape index (κ1) is 11.2. The molecule has 0 radical (unpaired) electrons. The monoisotopic (exact) mass is 256 g/mol. The number of carbonyl (C=O) groups is 1. The molecule has 0 spiro atoms. The standard InChI is InChI=1S/C10H13BrN2O/c1-4-5-6-9(14)13-8(3)10(11)7(2)12-13/h5-6H,4H2,1-3H3/b6-5+. The maximum Gasteiger partial charge on any atom is 0.270 e. The largest absolute Gasteiger partial charge is 0.270 e. The van der Waals surface area contributed by atoms with Gasteiger partial charge < -0.3 is 0 Å². The summed E-state index contributed by atoms with van der Waals surface area (Å²) in [5.41, 5.74) is 1.68. The van der Waals surface area contributed by atoms with E-state index in [9.17, 15) is 4.79 Å². The Labute approximate surface area is 91.9 Å². The van der Waals surface area contributed by atoms with Crippen LogP contribution in [0, 0.1) is 13.8 Å². The summed E-state index contributed by atoms with van der Waals surface area (Å²) in [5, 5.41) is 4.13. The SMILES string of the molecule is CC/C=C/C(=O)n1nc(C)c(Br)c1C. The van der Waals surface area contributed by atoms with Crippen LogP contribution >= 0.6 is 15.9 Å². The predicted octanol–water partition coefficient (Wildman–Crippen LogP) is 2.87. The Morgan fingerprint density at radius 2 is 2.21 bits per heavy atom. The molecule has 1 heterocycles. The van der Waals surface area contributed by atoms with E-state index in [1.165, 1.54) is 4.68 Å². The number of aryl methyl sites for hydroxylation is 1. The van der Waals surface area contributed by atoms with E-state index in [1.54, 1.807) is 6.08 Å². The maximum atomic E-state index is 11.6. The quantitative estimate of drug-likeness (QED) is 0.763. The molecule has 1 rings (SSSR count). The van der Waals surface area contributed by atoms with Crippen molar-refractivity contribution in [2.24, 2.45) is 0 Å². The van der Waals surface area contributed by atoms with Crippen LogP contribution in [-0.4, -0.2) is 15.7 Å². The molecule has 0 fully saturated rings. The van der Waals surface area contributed by atoms with Crippen LogP contribution in [-0.2, 0) is 0 Å². The normalized spacial score (nSPS) is 11.1. The Morgan fingerprint density at radius 1 is 1.57 bits per heavy atom. The van der Waals surface area contributed by atoms with Crippen LogP contribution in [0.2, 0.25) is 0 Å². The van der Waals surface area contributed by atoms with Gasteiger partial charge in [0.2, 0.25) is 0 Å². The minimum absolute atomic E-state index is 0.0989. The van der Waals surface area contributed by atoms with Crippen molar-refractivity contribution in [2.45, 2.75) is 27.2 Å². The van der Waals surface area contributed by atoms with E-state index in [4.69, 9.17) is 0 Å². The highest BCUT2D eigenvalue weighted by Gasteiger charge is 2.11. The molecule has 0 aliphatic carbocycles. The van der Waals surface area contributed by atoms with Crippen LogP contribution in [0.1, 0.15) is 29.5 Å². The molecule has 0 saturated carbocycles. The van der Waals surface area contributed by atoms with Gasteiger partial charge in [0, 0.05) is 6.08 Å². The first-order valence-corrected chi connectivity index (χ1v) is 5.29. The fourth-order valence-electron chi connectivity index (χ4n) is 1.13. The zero-order chi connectivity index (χ0) is 10.7. The summed E-state index contributed by atoms with van der Waals surface area (Å²) in [4.78, 5) is 11.6. The molecule has 0 aromatic carbocycles. The van der Waals surface area contributed by atoms with E-state index >= 15 is 0 Å². The highest BCUT2D eigenvalue weighted by atomic mass is 79.9. The van der Waals surface area contributed by atoms with E-state index in [1.807, 2.05) is 26.8 Å². The summed E-state index contributed by atoms with van der Waals surface area (Å²) in [6.07, 6.45) is 4.23. The molecule has 76 valence electrons. The van der Waals surface area contributed by atoms with Gasteiger partial charge in [-0.25, -0.2) is 4.68 Å². The zero-order valence-corrected chi connectivity index (χ0v) is 10.1. The molecule has 0 atom stereocenters. The average molecular weight is 257 g/mol. The molecule has 0 amide bonds. The van der Waals surface area contributed by atoms with Gasteiger partial charge in [-0.2, -0.15) is 5.10 Å². The van der Waals surface area contributed by atoms with Crippen LogP contribution in [0.25, 0.3) is 0 Å². The van der Waals surface area contributed by atoms with Gasteiger partial charge in [0.05, 0.1) is 15.9 Å². The second-order valence-corrected chi connectivity index (χ2v) is 3.84. The van der Waals surface area contributed by atoms with Crippen molar-refractivity contribution in [2.75, 3.05) is 0 Å². The second-order valence-electron chi connectivity index (χ2n) is 3.05. The van der Waals surface area contributed by atoms with Crippen molar-refractivity contribution in [1.29, 1.82) is 0 Å². The Morgan fingerprint density at radius 3 is 2.64 bits per heavy atom. The van der Waals surface area contributed by atoms with Crippen molar-refractivity contribution in [3.63, 3.8) is 0 Å². The number of carbonyl (C=O) groups excluding carboxylic acids is 1. The van der Waals surface area contributed by atoms with Crippen LogP contribution in [0.3, 0.4) is 0 Å². The smallest absolute Gasteiger partial charge is 0.267 e. The summed E-state index contributed by atoms with van der Waals surface area (Å²) >= 11 is 3.38. The maximum absolute atomic E-state index is 11.6. The van der Waals surface area contributed by atoms with E-state index in [-0.39, 0.29) is 5.91 Å². The van der Waals surface area contributed by atoms with Crippen LogP contribution < -0.4 is 0 Å². The van der Waals surface area contributed by atoms with Gasteiger partial charge in [0.1, 0.15) is 0 Å². The molecule has 0 saturated heterocycles. The molecular weight excluding hydrogens is 244 g/mol. The van der Waals surface area contributed by atoms with Crippen LogP contribution in [0.5, 0.6) is 0 Å². The van der Waals surface area contributed by atoms with E-state index in [0.717, 1.165) is 22.3 Å². The molecule has 0 N–H and O–H groups in total. The van der Waals surface area contributed by atoms with Crippen molar-refractivity contribution in [3.05, 3.63) is 28.0 Å².